The lowest BCUT2D eigenvalue weighted by molar-refractivity contribution is 0.101. The van der Waals surface area contributed by atoms with Gasteiger partial charge in [-0.2, -0.15) is 5.10 Å². The molecule has 0 atom stereocenters. The second-order valence-corrected chi connectivity index (χ2v) is 31.2. The maximum absolute atomic E-state index is 13.9. The van der Waals surface area contributed by atoms with E-state index in [4.69, 9.17) is 107 Å². The molecular formula is C86H73Cl8F2N9O13S2. The fraction of sp³-hybridized carbons (Fsp3) is 0.140. The van der Waals surface area contributed by atoms with Gasteiger partial charge in [0.05, 0.1) is 98.7 Å². The van der Waals surface area contributed by atoms with Crippen LogP contribution in [-0.2, 0) is 12.8 Å². The first kappa shape index (κ1) is 92.5. The number of nitrogens with zero attached hydrogens (tertiary/aromatic N) is 4. The Bertz CT molecular complexity index is 5670. The summed E-state index contributed by atoms with van der Waals surface area (Å²) in [6, 6.07) is 46.9. The molecule has 120 heavy (non-hydrogen) atoms. The number of methoxy groups -OCH3 is 3. The molecule has 0 unspecified atom stereocenters. The van der Waals surface area contributed by atoms with E-state index in [0.29, 0.717) is 45.1 Å². The van der Waals surface area contributed by atoms with Crippen LogP contribution in [0, 0.1) is 46.3 Å². The number of phenols is 5. The van der Waals surface area contributed by atoms with E-state index in [-0.39, 0.29) is 114 Å². The summed E-state index contributed by atoms with van der Waals surface area (Å²) in [6.45, 7) is 13.2. The van der Waals surface area contributed by atoms with Crippen molar-refractivity contribution in [3.05, 3.63) is 292 Å². The van der Waals surface area contributed by atoms with E-state index in [1.54, 1.807) is 66.3 Å². The summed E-state index contributed by atoms with van der Waals surface area (Å²) in [4.78, 5) is 72.4. The van der Waals surface area contributed by atoms with Crippen LogP contribution in [0.1, 0.15) is 102 Å². The highest BCUT2D eigenvalue weighted by Gasteiger charge is 2.26. The van der Waals surface area contributed by atoms with Gasteiger partial charge in [-0.3, -0.25) is 24.0 Å². The Hall–Kier alpha value is -11.4. The quantitative estimate of drug-likeness (QED) is 0.0357. The van der Waals surface area contributed by atoms with E-state index < -0.39 is 46.9 Å². The number of aromatic hydroxyl groups is 5. The van der Waals surface area contributed by atoms with E-state index in [1.165, 1.54) is 68.4 Å². The van der Waals surface area contributed by atoms with Crippen LogP contribution in [0.15, 0.2) is 176 Å². The average Bonchev–Trinajstić information content (AvgIpc) is 1.81. The van der Waals surface area contributed by atoms with Gasteiger partial charge in [0.25, 0.3) is 29.5 Å². The third-order valence-electron chi connectivity index (χ3n) is 17.4. The monoisotopic (exact) mass is 1820 g/mol. The van der Waals surface area contributed by atoms with Crippen molar-refractivity contribution in [2.24, 2.45) is 0 Å². The number of nitrogens with one attached hydrogen (secondary N) is 5. The molecule has 3 aromatic heterocycles. The van der Waals surface area contributed by atoms with Crippen LogP contribution in [0.3, 0.4) is 0 Å². The Morgan fingerprint density at radius 3 is 1.11 bits per heavy atom. The molecule has 0 fully saturated rings. The summed E-state index contributed by atoms with van der Waals surface area (Å²) in [5.74, 6) is -5.22. The minimum Gasteiger partial charge on any atom is -0.504 e. The summed E-state index contributed by atoms with van der Waals surface area (Å²) >= 11 is 50.7. The molecule has 0 spiro atoms. The van der Waals surface area contributed by atoms with Crippen LogP contribution in [0.25, 0.3) is 28.2 Å². The number of aromatic nitrogens is 4. The molecule has 0 aliphatic heterocycles. The third-order valence-corrected chi connectivity index (χ3v) is 22.1. The predicted octanol–water partition coefficient (Wildman–Crippen LogP) is 23.9. The van der Waals surface area contributed by atoms with Crippen LogP contribution >= 0.6 is 115 Å². The van der Waals surface area contributed by atoms with E-state index in [9.17, 15) is 58.3 Å². The standard InChI is InChI=1S/C19H16Cl2N2O2S.C18H15Cl2N3O3.C18H14Cl2N2O3S.C16H15ClFNO2.C15H13ClFNO3/c1-3-12-13(20)9-14(17(24)15(12)21)22-18(25)19-23-16(10(2)26-19)11-7-5-4-6-8-11;1-10-3-5-12(6-4-10)23-9-11(8-21-23)18(25)22-14-7-13(19)17(26-2)15(20)16(14)24;1-9-14(10-6-4-3-5-7-10)22-18(26-9)17(24)21-12-8-11(19)16(25-2)13(20)15(12)23;1-3-11-12(18)8-13(15(20)14(11)17)19-16(21)10-6-4-9(2)5-7-10;1-8-3-5-9(6-4-8)15(20)18-11-7-10(17)14(21-2)12(16)13(11)19/h4-9,24H,3H2,1-2H3,(H,22,25);3-9,24H,1-2H3,(H,22,25);3-8,23H,1-2H3,(H,21,24);4-8,20H,3H2,1-2H3,(H,19,21);3-7,19H,1-2H3,(H,18,20). The predicted molar refractivity (Wildman–Crippen MR) is 474 cm³/mol. The molecule has 0 saturated carbocycles. The van der Waals surface area contributed by atoms with E-state index >= 15 is 0 Å². The molecule has 0 bridgehead atoms. The molecule has 13 rings (SSSR count). The smallest absolute Gasteiger partial charge is 0.284 e. The van der Waals surface area contributed by atoms with Crippen LogP contribution in [0.4, 0.5) is 37.2 Å². The fourth-order valence-electron chi connectivity index (χ4n) is 11.1. The minimum atomic E-state index is -0.778. The largest absolute Gasteiger partial charge is 0.504 e. The van der Waals surface area contributed by atoms with Gasteiger partial charge in [0.2, 0.25) is 0 Å². The van der Waals surface area contributed by atoms with Gasteiger partial charge in [-0.1, -0.05) is 220 Å². The van der Waals surface area contributed by atoms with Crippen molar-refractivity contribution in [2.45, 2.75) is 61.3 Å². The lowest BCUT2D eigenvalue weighted by Crippen LogP contribution is -2.12. The van der Waals surface area contributed by atoms with E-state index in [2.05, 4.69) is 41.7 Å². The normalized spacial score (nSPS) is 10.6. The number of thiazole rings is 2. The Morgan fingerprint density at radius 1 is 0.400 bits per heavy atom. The zero-order chi connectivity index (χ0) is 87.7. The number of benzene rings is 10. The number of ether oxygens (including phenoxy) is 3. The number of halogens is 10. The van der Waals surface area contributed by atoms with Crippen molar-refractivity contribution in [1.29, 1.82) is 0 Å². The zero-order valence-corrected chi connectivity index (χ0v) is 72.7. The van der Waals surface area contributed by atoms with E-state index in [1.807, 2.05) is 126 Å². The Kier molecular flexibility index (Phi) is 32.4. The van der Waals surface area contributed by atoms with Crippen molar-refractivity contribution in [3.8, 4) is 74.2 Å². The first-order valence-corrected chi connectivity index (χ1v) is 40.3. The van der Waals surface area contributed by atoms with Crippen molar-refractivity contribution in [2.75, 3.05) is 47.9 Å². The first-order valence-electron chi connectivity index (χ1n) is 35.6. The van der Waals surface area contributed by atoms with Crippen molar-refractivity contribution >= 4 is 173 Å². The van der Waals surface area contributed by atoms with Gasteiger partial charge in [-0.15, -0.1) is 22.7 Å². The number of hydrogen-bond donors (Lipinski definition) is 10. The van der Waals surface area contributed by atoms with Gasteiger partial charge in [-0.05, 0) is 108 Å². The Balaban J connectivity index is 0.000000171. The topological polar surface area (TPSA) is 318 Å². The van der Waals surface area contributed by atoms with E-state index in [0.717, 1.165) is 66.8 Å². The van der Waals surface area contributed by atoms with Crippen molar-refractivity contribution in [3.63, 3.8) is 0 Å². The van der Waals surface area contributed by atoms with Crippen molar-refractivity contribution in [1.82, 2.24) is 19.7 Å². The van der Waals surface area contributed by atoms with Gasteiger partial charge >= 0.3 is 0 Å². The summed E-state index contributed by atoms with van der Waals surface area (Å²) in [5, 5.41) is 68.2. The van der Waals surface area contributed by atoms with Gasteiger partial charge in [-0.25, -0.2) is 23.4 Å². The summed E-state index contributed by atoms with van der Waals surface area (Å²) in [7, 11) is 3.99. The maximum atomic E-state index is 13.9. The second-order valence-electron chi connectivity index (χ2n) is 25.7. The molecule has 0 saturated heterocycles. The molecule has 10 aromatic carbocycles. The Labute approximate surface area is 735 Å². The molecule has 3 heterocycles. The number of aryl methyl sites for hydroxylation is 5. The molecule has 0 aliphatic rings. The lowest BCUT2D eigenvalue weighted by atomic mass is 10.1. The minimum absolute atomic E-state index is 0.0414. The van der Waals surface area contributed by atoms with Crippen LogP contribution in [-0.4, -0.2) is 96.1 Å². The molecule has 10 N–H and O–H groups in total. The number of amides is 5. The summed E-state index contributed by atoms with van der Waals surface area (Å²) < 4.78 is 43.9. The molecule has 0 aliphatic carbocycles. The second kappa shape index (κ2) is 42.0. The molecular weight excluding hydrogens is 1750 g/mol. The molecule has 5 amide bonds. The third kappa shape index (κ3) is 22.5. The molecule has 22 nitrogen and oxygen atoms in total. The van der Waals surface area contributed by atoms with Gasteiger partial charge < -0.3 is 66.3 Å². The maximum Gasteiger partial charge on any atom is 0.284 e. The number of rotatable bonds is 18. The molecule has 13 aromatic rings. The lowest BCUT2D eigenvalue weighted by Gasteiger charge is -2.12. The summed E-state index contributed by atoms with van der Waals surface area (Å²) in [5.41, 5.74) is 9.51. The Morgan fingerprint density at radius 2 is 0.725 bits per heavy atom. The zero-order valence-electron chi connectivity index (χ0n) is 65.0. The van der Waals surface area contributed by atoms with Gasteiger partial charge in [0, 0.05) is 60.9 Å². The van der Waals surface area contributed by atoms with Crippen LogP contribution in [0.5, 0.6) is 46.0 Å². The van der Waals surface area contributed by atoms with Crippen LogP contribution in [0.2, 0.25) is 40.2 Å². The molecule has 622 valence electrons. The number of carbonyl (C=O) groups excluding carboxylic acids is 5. The summed E-state index contributed by atoms with van der Waals surface area (Å²) in [6.07, 6.45) is 3.94. The van der Waals surface area contributed by atoms with Crippen LogP contribution < -0.4 is 40.8 Å². The number of carbonyl (C=O) groups is 5. The molecule has 34 heteroatoms. The van der Waals surface area contributed by atoms with Crippen molar-refractivity contribution < 1.29 is 72.5 Å². The number of hydrogen-bond acceptors (Lipinski definition) is 18. The highest BCUT2D eigenvalue weighted by atomic mass is 35.5. The first-order chi connectivity index (χ1) is 57.1. The highest BCUT2D eigenvalue weighted by molar-refractivity contribution is 7.14. The fourth-order valence-corrected chi connectivity index (χ4v) is 15.3. The number of phenolic OH excluding ortho intramolecular Hbond substituents is 5. The molecule has 0 radical (unpaired) electrons. The van der Waals surface area contributed by atoms with Gasteiger partial charge in [0.15, 0.2) is 61.8 Å². The number of anilines is 5. The van der Waals surface area contributed by atoms with Gasteiger partial charge in [0.1, 0.15) is 20.9 Å². The highest BCUT2D eigenvalue weighted by Crippen LogP contribution is 2.48. The SMILES string of the molecule is CCc1c(Cl)cc(NC(=O)c2nc(-c3ccccc3)c(C)s2)c(O)c1Cl.CCc1c(F)cc(NC(=O)c2ccc(C)cc2)c(O)c1Cl.COc1c(Cl)cc(NC(=O)c2cnn(-c3ccc(C)cc3)c2)c(O)c1Cl.COc1c(Cl)cc(NC(=O)c2nc(-c3ccccc3)c(C)s2)c(O)c1Cl.COc1c(F)cc(NC(=O)c2ccc(C)cc2)c(O)c1Cl. The average molecular weight is 1830 g/mol.